The topological polar surface area (TPSA) is 0 Å². The maximum atomic E-state index is 2.64. The molecule has 0 amide bonds. The summed E-state index contributed by atoms with van der Waals surface area (Å²) in [5.74, 6) is 0. The molecule has 0 aromatic heterocycles. The third-order valence-electron chi connectivity index (χ3n) is 1.03. The van der Waals surface area contributed by atoms with Crippen LogP contribution in [0.15, 0.2) is 0 Å². The van der Waals surface area contributed by atoms with Crippen molar-refractivity contribution < 1.29 is 21.2 Å². The molecule has 2 heterocycles. The first kappa shape index (κ1) is 4.23. The molecular formula is C4H5I2-. The van der Waals surface area contributed by atoms with Crippen LogP contribution >= 0.6 is 20.7 Å². The van der Waals surface area contributed by atoms with Crippen molar-refractivity contribution in [3.8, 4) is 0 Å². The fraction of sp³-hybridized carbons (Fsp3) is 0.750. The minimum absolute atomic E-state index is 0.654. The van der Waals surface area contributed by atoms with E-state index in [1.807, 2.05) is 0 Å². The number of halogens is 2. The third-order valence-corrected chi connectivity index (χ3v) is 10.2. The standard InChI is InChI=1S/C4H5I2/c1-3-4(6-3)2-5-1/h1,3-4H,2H2/q-1. The number of hydrogen-bond acceptors (Lipinski definition) is 0. The first-order valence-corrected chi connectivity index (χ1v) is 7.26. The van der Waals surface area contributed by atoms with Crippen LogP contribution in [0, 0.1) is 0 Å². The molecule has 2 aliphatic heterocycles. The molecule has 0 nitrogen and oxygen atoms in total. The first-order chi connectivity index (χ1) is 2.97. The molecule has 2 aliphatic rings. The van der Waals surface area contributed by atoms with Crippen LogP contribution in [0.5, 0.6) is 0 Å². The number of hydrogen-bond donors (Lipinski definition) is 0. The van der Waals surface area contributed by atoms with Gasteiger partial charge >= 0.3 is 58.2 Å². The van der Waals surface area contributed by atoms with Gasteiger partial charge in [0.15, 0.2) is 0 Å². The predicted octanol–water partition coefficient (Wildman–Crippen LogP) is -2.39. The average Bonchev–Trinajstić information content (AvgIpc) is 2.17. The Morgan fingerprint density at radius 1 is 1.83 bits per heavy atom. The molecular weight excluding hydrogens is 302 g/mol. The molecule has 1 fully saturated rings. The monoisotopic (exact) mass is 307 g/mol. The molecule has 0 spiro atoms. The number of rotatable bonds is 0. The van der Waals surface area contributed by atoms with E-state index in [2.05, 4.69) is 4.01 Å². The van der Waals surface area contributed by atoms with Gasteiger partial charge in [-0.2, -0.15) is 0 Å². The summed E-state index contributed by atoms with van der Waals surface area (Å²) in [6.45, 7) is 0. The molecule has 2 unspecified atom stereocenters. The quantitative estimate of drug-likeness (QED) is 0.346. The van der Waals surface area contributed by atoms with Gasteiger partial charge < -0.3 is 0 Å². The van der Waals surface area contributed by atoms with E-state index < -0.39 is 0 Å². The minimum atomic E-state index is 0.654. The zero-order valence-corrected chi connectivity index (χ0v) is 7.51. The van der Waals surface area contributed by atoms with E-state index in [1.165, 1.54) is 7.85 Å². The molecule has 0 aliphatic carbocycles. The predicted molar refractivity (Wildman–Crippen MR) is 32.5 cm³/mol. The molecule has 2 atom stereocenters. The second-order valence-electron chi connectivity index (χ2n) is 1.52. The Kier molecular flexibility index (Phi) is 0.988. The maximum absolute atomic E-state index is 2.64. The summed E-state index contributed by atoms with van der Waals surface area (Å²) in [5.41, 5.74) is 0. The van der Waals surface area contributed by atoms with E-state index in [9.17, 15) is 0 Å². The Labute approximate surface area is 57.7 Å². The van der Waals surface area contributed by atoms with Crippen molar-refractivity contribution in [2.24, 2.45) is 0 Å². The van der Waals surface area contributed by atoms with Gasteiger partial charge in [-0.25, -0.2) is 0 Å². The summed E-state index contributed by atoms with van der Waals surface area (Å²) in [6, 6.07) is 0. The first-order valence-electron chi connectivity index (χ1n) is 2.00. The molecule has 36 valence electrons. The average molecular weight is 307 g/mol. The molecule has 0 saturated carbocycles. The van der Waals surface area contributed by atoms with Gasteiger partial charge in [0.05, 0.1) is 0 Å². The number of fused-ring (bicyclic) bond motifs is 1. The molecule has 0 aromatic rings. The third kappa shape index (κ3) is 0.562. The Morgan fingerprint density at radius 3 is 3.00 bits per heavy atom. The summed E-state index contributed by atoms with van der Waals surface area (Å²) in [4.78, 5) is 0. The summed E-state index contributed by atoms with van der Waals surface area (Å²) >= 11 is 1.42. The fourth-order valence-corrected chi connectivity index (χ4v) is 11.2. The number of alkyl halides is 3. The molecule has 0 aromatic carbocycles. The van der Waals surface area contributed by atoms with Gasteiger partial charge in [0.25, 0.3) is 0 Å². The van der Waals surface area contributed by atoms with Crippen molar-refractivity contribution >= 4 is 24.7 Å². The van der Waals surface area contributed by atoms with Crippen LogP contribution in [0.25, 0.3) is 0 Å². The van der Waals surface area contributed by atoms with Crippen LogP contribution in [-0.4, -0.2) is 16.3 Å². The van der Waals surface area contributed by atoms with Crippen molar-refractivity contribution in [1.29, 1.82) is 0 Å². The van der Waals surface area contributed by atoms with Gasteiger partial charge in [-0.1, -0.05) is 0 Å². The van der Waals surface area contributed by atoms with Gasteiger partial charge in [-0.3, -0.25) is 0 Å². The van der Waals surface area contributed by atoms with E-state index in [4.69, 9.17) is 0 Å². The Balaban J connectivity index is 2.26. The second-order valence-corrected chi connectivity index (χ2v) is 7.76. The van der Waals surface area contributed by atoms with Gasteiger partial charge in [0.1, 0.15) is 0 Å². The van der Waals surface area contributed by atoms with E-state index in [-0.39, 0.29) is 0 Å². The van der Waals surface area contributed by atoms with Crippen LogP contribution in [0.2, 0.25) is 0 Å². The molecule has 0 N–H and O–H groups in total. The zero-order valence-electron chi connectivity index (χ0n) is 3.20. The Morgan fingerprint density at radius 2 is 2.83 bits per heavy atom. The van der Waals surface area contributed by atoms with Crippen molar-refractivity contribution in [2.75, 3.05) is 4.43 Å². The molecule has 6 heavy (non-hydrogen) atoms. The van der Waals surface area contributed by atoms with Crippen LogP contribution < -0.4 is 21.2 Å². The fourth-order valence-electron chi connectivity index (χ4n) is 0.592. The zero-order chi connectivity index (χ0) is 3.98. The summed E-state index contributed by atoms with van der Waals surface area (Å²) in [6.07, 6.45) is 0. The molecule has 1 saturated heterocycles. The van der Waals surface area contributed by atoms with Crippen molar-refractivity contribution in [2.45, 2.75) is 7.85 Å². The summed E-state index contributed by atoms with van der Waals surface area (Å²) in [5, 5.41) is 0. The Bertz CT molecular complexity index is 97.7. The van der Waals surface area contributed by atoms with Gasteiger partial charge in [0.2, 0.25) is 0 Å². The van der Waals surface area contributed by atoms with E-state index in [0.717, 1.165) is 21.2 Å². The summed E-state index contributed by atoms with van der Waals surface area (Å²) in [7, 11) is 0. The summed E-state index contributed by atoms with van der Waals surface area (Å²) < 4.78 is 6.86. The van der Waals surface area contributed by atoms with E-state index >= 15 is 0 Å². The van der Waals surface area contributed by atoms with Crippen molar-refractivity contribution in [1.82, 2.24) is 0 Å². The van der Waals surface area contributed by atoms with Crippen molar-refractivity contribution in [3.05, 3.63) is 0 Å². The van der Waals surface area contributed by atoms with E-state index in [1.54, 1.807) is 4.43 Å². The van der Waals surface area contributed by atoms with Crippen LogP contribution in [0.3, 0.4) is 0 Å². The van der Waals surface area contributed by atoms with Crippen LogP contribution in [0.1, 0.15) is 0 Å². The SMILES string of the molecule is C1=ICC2[I-]C12. The molecule has 2 rings (SSSR count). The van der Waals surface area contributed by atoms with Crippen LogP contribution in [-0.2, 0) is 0 Å². The molecule has 0 bridgehead atoms. The normalized spacial score (nSPS) is 52.0. The Hall–Kier alpha value is 1.33. The molecule has 0 radical (unpaired) electrons. The van der Waals surface area contributed by atoms with Gasteiger partial charge in [0, 0.05) is 0 Å². The molecule has 2 heteroatoms. The van der Waals surface area contributed by atoms with E-state index in [0.29, 0.717) is 20.7 Å². The van der Waals surface area contributed by atoms with Crippen LogP contribution in [0.4, 0.5) is 0 Å². The van der Waals surface area contributed by atoms with Gasteiger partial charge in [-0.05, 0) is 0 Å². The van der Waals surface area contributed by atoms with Gasteiger partial charge in [-0.15, -0.1) is 0 Å². The van der Waals surface area contributed by atoms with Crippen molar-refractivity contribution in [3.63, 3.8) is 0 Å². The second kappa shape index (κ2) is 1.40.